The van der Waals surface area contributed by atoms with Gasteiger partial charge in [0, 0.05) is 0 Å². The Morgan fingerprint density at radius 3 is 2.12 bits per heavy atom. The number of hydrogen-bond acceptors (Lipinski definition) is 2. The van der Waals surface area contributed by atoms with E-state index in [1.54, 1.807) is 0 Å². The summed E-state index contributed by atoms with van der Waals surface area (Å²) in [5.74, 6) is 0. The Bertz CT molecular complexity index is 110. The molecule has 0 aromatic carbocycles. The Morgan fingerprint density at radius 1 is 1.75 bits per heavy atom. The smallest absolute Gasteiger partial charge is 0.324 e. The molecule has 0 spiro atoms. The van der Waals surface area contributed by atoms with Crippen LogP contribution in [-0.4, -0.2) is 15.2 Å². The zero-order chi connectivity index (χ0) is 6.78. The zero-order valence-electron chi connectivity index (χ0n) is 4.40. The van der Waals surface area contributed by atoms with E-state index in [1.165, 1.54) is 6.92 Å². The number of hydrogen-bond donors (Lipinski definition) is 3. The molecule has 0 fully saturated rings. The normalized spacial score (nSPS) is 17.5. The van der Waals surface area contributed by atoms with E-state index in [9.17, 15) is 4.57 Å². The van der Waals surface area contributed by atoms with Crippen molar-refractivity contribution < 1.29 is 14.4 Å². The molecule has 0 saturated heterocycles. The summed E-state index contributed by atoms with van der Waals surface area (Å²) in [6.45, 7) is 1.43. The lowest BCUT2D eigenvalue weighted by Crippen LogP contribution is -1.97. The van der Waals surface area contributed by atoms with Crippen molar-refractivity contribution in [2.24, 2.45) is 5.50 Å². The Hall–Kier alpha value is 0.540. The molecular weight excluding hydrogens is 148 g/mol. The highest BCUT2D eigenvalue weighted by Crippen LogP contribution is 2.46. The third kappa shape index (κ3) is 2.75. The fraction of sp³-hybridized carbons (Fsp3) is 1.00. The molecule has 0 amide bonds. The molecule has 0 bridgehead atoms. The first-order valence-electron chi connectivity index (χ1n) is 2.00. The molecule has 0 aliphatic heterocycles. The van der Waals surface area contributed by atoms with E-state index in [0.29, 0.717) is 0 Å². The maximum atomic E-state index is 10.2. The third-order valence-corrected chi connectivity index (χ3v) is 3.69. The van der Waals surface area contributed by atoms with Crippen LogP contribution in [0, 0.1) is 0 Å². The van der Waals surface area contributed by atoms with Gasteiger partial charge >= 0.3 is 7.60 Å². The molecule has 0 aliphatic rings. The SMILES string of the molecule is CC(PN)P(=O)(O)O. The monoisotopic (exact) mass is 157 g/mol. The number of nitrogens with two attached hydrogens (primary N) is 1. The van der Waals surface area contributed by atoms with Gasteiger partial charge in [0.25, 0.3) is 0 Å². The lowest BCUT2D eigenvalue weighted by atomic mass is 11.0. The molecule has 50 valence electrons. The van der Waals surface area contributed by atoms with Crippen LogP contribution in [0.4, 0.5) is 0 Å². The van der Waals surface area contributed by atoms with Gasteiger partial charge in [-0.1, -0.05) is 0 Å². The molecule has 0 aliphatic carbocycles. The summed E-state index contributed by atoms with van der Waals surface area (Å²) in [5, 5.41) is -0.678. The average Bonchev–Trinajstić information content (AvgIpc) is 1.62. The van der Waals surface area contributed by atoms with Gasteiger partial charge in [0.2, 0.25) is 0 Å². The molecule has 8 heavy (non-hydrogen) atoms. The molecule has 2 atom stereocenters. The van der Waals surface area contributed by atoms with Gasteiger partial charge in [-0.25, -0.2) is 0 Å². The van der Waals surface area contributed by atoms with Crippen LogP contribution in [0.5, 0.6) is 0 Å². The first kappa shape index (κ1) is 8.54. The van der Waals surface area contributed by atoms with Crippen molar-refractivity contribution in [3.05, 3.63) is 0 Å². The minimum atomic E-state index is -3.87. The molecule has 4 N–H and O–H groups in total. The Balaban J connectivity index is 3.82. The van der Waals surface area contributed by atoms with Gasteiger partial charge in [0.05, 0.1) is 5.40 Å². The summed E-state index contributed by atoms with van der Waals surface area (Å²) in [6, 6.07) is 0. The van der Waals surface area contributed by atoms with Gasteiger partial charge in [-0.05, 0) is 15.7 Å². The van der Waals surface area contributed by atoms with Gasteiger partial charge < -0.3 is 15.3 Å². The van der Waals surface area contributed by atoms with Crippen molar-refractivity contribution in [3.8, 4) is 0 Å². The van der Waals surface area contributed by atoms with E-state index in [1.807, 2.05) is 0 Å². The second-order valence-corrected chi connectivity index (χ2v) is 5.07. The quantitative estimate of drug-likeness (QED) is 0.495. The second kappa shape index (κ2) is 2.90. The lowest BCUT2D eigenvalue weighted by molar-refractivity contribution is 0.371. The highest BCUT2D eigenvalue weighted by atomic mass is 31.2. The third-order valence-electron chi connectivity index (χ3n) is 0.746. The summed E-state index contributed by atoms with van der Waals surface area (Å²) in [6.07, 6.45) is 0. The number of rotatable bonds is 2. The van der Waals surface area contributed by atoms with E-state index < -0.39 is 13.0 Å². The van der Waals surface area contributed by atoms with Crippen LogP contribution < -0.4 is 5.50 Å². The van der Waals surface area contributed by atoms with E-state index in [2.05, 4.69) is 0 Å². The first-order valence-corrected chi connectivity index (χ1v) is 4.83. The van der Waals surface area contributed by atoms with E-state index >= 15 is 0 Å². The van der Waals surface area contributed by atoms with Crippen LogP contribution in [0.25, 0.3) is 0 Å². The predicted molar refractivity (Wildman–Crippen MR) is 34.0 cm³/mol. The molecule has 0 aromatic rings. The van der Waals surface area contributed by atoms with Crippen LogP contribution in [0.3, 0.4) is 0 Å². The van der Waals surface area contributed by atoms with Crippen molar-refractivity contribution in [2.45, 2.75) is 12.3 Å². The topological polar surface area (TPSA) is 83.6 Å². The largest absolute Gasteiger partial charge is 0.333 e. The van der Waals surface area contributed by atoms with Crippen molar-refractivity contribution in [3.63, 3.8) is 0 Å². The Kier molecular flexibility index (Phi) is 3.10. The molecule has 4 nitrogen and oxygen atoms in total. The average molecular weight is 157 g/mol. The maximum Gasteiger partial charge on any atom is 0.333 e. The molecule has 0 saturated carbocycles. The molecular formula is C2H9NO3P2. The highest BCUT2D eigenvalue weighted by molar-refractivity contribution is 7.64. The minimum Gasteiger partial charge on any atom is -0.324 e. The van der Waals surface area contributed by atoms with Crippen LogP contribution in [0.2, 0.25) is 0 Å². The maximum absolute atomic E-state index is 10.2. The van der Waals surface area contributed by atoms with Crippen LogP contribution in [-0.2, 0) is 4.57 Å². The first-order chi connectivity index (χ1) is 3.48. The van der Waals surface area contributed by atoms with Gasteiger partial charge in [-0.3, -0.25) is 4.57 Å². The van der Waals surface area contributed by atoms with Gasteiger partial charge in [0.15, 0.2) is 0 Å². The van der Waals surface area contributed by atoms with Crippen LogP contribution in [0.15, 0.2) is 0 Å². The van der Waals surface area contributed by atoms with Crippen LogP contribution >= 0.6 is 16.3 Å². The molecule has 6 heteroatoms. The van der Waals surface area contributed by atoms with Crippen molar-refractivity contribution >= 4 is 16.3 Å². The molecule has 0 aromatic heterocycles. The van der Waals surface area contributed by atoms with Crippen molar-refractivity contribution in [2.75, 3.05) is 0 Å². The Labute approximate surface area is 49.5 Å². The lowest BCUT2D eigenvalue weighted by Gasteiger charge is -2.08. The summed E-state index contributed by atoms with van der Waals surface area (Å²) in [5.41, 5.74) is 4.99. The Morgan fingerprint density at radius 2 is 2.12 bits per heavy atom. The molecule has 0 radical (unpaired) electrons. The minimum absolute atomic E-state index is 0.180. The van der Waals surface area contributed by atoms with Crippen LogP contribution in [0.1, 0.15) is 6.92 Å². The van der Waals surface area contributed by atoms with Gasteiger partial charge in [0.1, 0.15) is 0 Å². The molecule has 0 rings (SSSR count). The molecule has 0 heterocycles. The van der Waals surface area contributed by atoms with Crippen molar-refractivity contribution in [1.29, 1.82) is 0 Å². The summed E-state index contributed by atoms with van der Waals surface area (Å²) < 4.78 is 10.2. The van der Waals surface area contributed by atoms with Gasteiger partial charge in [-0.2, -0.15) is 0 Å². The summed E-state index contributed by atoms with van der Waals surface area (Å²) in [7, 11) is -4.05. The summed E-state index contributed by atoms with van der Waals surface area (Å²) >= 11 is 0. The zero-order valence-corrected chi connectivity index (χ0v) is 6.30. The predicted octanol–water partition coefficient (Wildman–Crippen LogP) is 0.0623. The van der Waals surface area contributed by atoms with E-state index in [4.69, 9.17) is 15.3 Å². The fourth-order valence-corrected chi connectivity index (χ4v) is 0.874. The second-order valence-electron chi connectivity index (χ2n) is 1.43. The molecule has 2 unspecified atom stereocenters. The summed E-state index contributed by atoms with van der Waals surface area (Å²) in [4.78, 5) is 16.6. The highest BCUT2D eigenvalue weighted by Gasteiger charge is 2.21. The van der Waals surface area contributed by atoms with E-state index in [-0.39, 0.29) is 8.73 Å². The standard InChI is InChI=1S/C2H9NO3P2/c1-2(7-3)8(4,5)6/h2,7H,3H2,1H3,(H2,4,5,6). The van der Waals surface area contributed by atoms with Gasteiger partial charge in [-0.15, -0.1) is 0 Å². The van der Waals surface area contributed by atoms with E-state index in [0.717, 1.165) is 0 Å². The fourth-order valence-electron chi connectivity index (χ4n) is 0.0971. The van der Waals surface area contributed by atoms with Crippen molar-refractivity contribution in [1.82, 2.24) is 0 Å².